The first kappa shape index (κ1) is 14.5. The van der Waals surface area contributed by atoms with Gasteiger partial charge in [0.25, 0.3) is 0 Å². The zero-order valence-electron chi connectivity index (χ0n) is 11.5. The minimum absolute atomic E-state index is 0.317. The summed E-state index contributed by atoms with van der Waals surface area (Å²) < 4.78 is 0. The zero-order chi connectivity index (χ0) is 14.5. The van der Waals surface area contributed by atoms with Crippen molar-refractivity contribution >= 4 is 22.4 Å². The van der Waals surface area contributed by atoms with Gasteiger partial charge in [-0.3, -0.25) is 0 Å². The molecule has 1 aromatic heterocycles. The predicted molar refractivity (Wildman–Crippen MR) is 82.1 cm³/mol. The number of rotatable bonds is 6. The highest BCUT2D eigenvalue weighted by Crippen LogP contribution is 2.25. The predicted octanol–water partition coefficient (Wildman–Crippen LogP) is 3.72. The van der Waals surface area contributed by atoms with E-state index in [1.165, 1.54) is 11.3 Å². The lowest BCUT2D eigenvalue weighted by Gasteiger charge is -2.15. The zero-order valence-corrected chi connectivity index (χ0v) is 12.4. The maximum absolute atomic E-state index is 11.2. The van der Waals surface area contributed by atoms with Gasteiger partial charge in [0, 0.05) is 10.9 Å². The van der Waals surface area contributed by atoms with Crippen LogP contribution in [0.1, 0.15) is 20.3 Å². The van der Waals surface area contributed by atoms with Crippen LogP contribution in [-0.4, -0.2) is 22.1 Å². The smallest absolute Gasteiger partial charge is 0.326 e. The number of carboxylic acids is 1. The van der Waals surface area contributed by atoms with Crippen LogP contribution in [0.25, 0.3) is 11.3 Å². The molecule has 0 radical (unpaired) electrons. The molecule has 0 spiro atoms. The van der Waals surface area contributed by atoms with E-state index >= 15 is 0 Å². The number of aliphatic carboxylic acids is 1. The molecule has 1 atom stereocenters. The number of anilines is 1. The quantitative estimate of drug-likeness (QED) is 0.851. The first-order chi connectivity index (χ1) is 9.56. The summed E-state index contributed by atoms with van der Waals surface area (Å²) in [5.41, 5.74) is 1.90. The summed E-state index contributed by atoms with van der Waals surface area (Å²) in [6, 6.07) is 9.26. The third-order valence-corrected chi connectivity index (χ3v) is 3.65. The molecule has 2 aromatic rings. The summed E-state index contributed by atoms with van der Waals surface area (Å²) in [4.78, 5) is 15.7. The van der Waals surface area contributed by atoms with Crippen molar-refractivity contribution in [2.24, 2.45) is 5.92 Å². The minimum atomic E-state index is -0.838. The third-order valence-electron chi connectivity index (χ3n) is 2.88. The number of aromatic nitrogens is 1. The van der Waals surface area contributed by atoms with Crippen LogP contribution >= 0.6 is 11.3 Å². The first-order valence-corrected chi connectivity index (χ1v) is 7.44. The number of carbonyl (C=O) groups is 1. The van der Waals surface area contributed by atoms with E-state index < -0.39 is 12.0 Å². The molecule has 0 fully saturated rings. The topological polar surface area (TPSA) is 62.2 Å². The summed E-state index contributed by atoms with van der Waals surface area (Å²) in [5.74, 6) is -0.521. The van der Waals surface area contributed by atoms with Crippen molar-refractivity contribution < 1.29 is 9.90 Å². The highest BCUT2D eigenvalue weighted by molar-refractivity contribution is 7.14. The molecule has 106 valence electrons. The lowest BCUT2D eigenvalue weighted by atomic mass is 10.0. The number of nitrogens with zero attached hydrogens (tertiary/aromatic N) is 1. The molecule has 0 saturated heterocycles. The van der Waals surface area contributed by atoms with E-state index in [0.717, 1.165) is 11.3 Å². The van der Waals surface area contributed by atoms with Crippen molar-refractivity contribution in [3.63, 3.8) is 0 Å². The largest absolute Gasteiger partial charge is 0.480 e. The number of hydrogen-bond acceptors (Lipinski definition) is 4. The van der Waals surface area contributed by atoms with Crippen LogP contribution in [0.3, 0.4) is 0 Å². The van der Waals surface area contributed by atoms with Crippen LogP contribution in [0.2, 0.25) is 0 Å². The summed E-state index contributed by atoms with van der Waals surface area (Å²) in [7, 11) is 0. The number of benzene rings is 1. The van der Waals surface area contributed by atoms with E-state index in [1.54, 1.807) is 0 Å². The van der Waals surface area contributed by atoms with E-state index in [0.29, 0.717) is 17.5 Å². The Balaban J connectivity index is 2.10. The highest BCUT2D eigenvalue weighted by atomic mass is 32.1. The molecule has 0 aliphatic rings. The molecule has 0 bridgehead atoms. The van der Waals surface area contributed by atoms with Crippen LogP contribution in [-0.2, 0) is 4.79 Å². The van der Waals surface area contributed by atoms with Crippen LogP contribution in [0.5, 0.6) is 0 Å². The summed E-state index contributed by atoms with van der Waals surface area (Å²) in [6.45, 7) is 4.02. The number of nitrogens with one attached hydrogen (secondary N) is 1. The van der Waals surface area contributed by atoms with Gasteiger partial charge in [0.1, 0.15) is 6.04 Å². The molecule has 1 aromatic carbocycles. The average molecular weight is 290 g/mol. The van der Waals surface area contributed by atoms with Crippen molar-refractivity contribution in [2.75, 3.05) is 5.32 Å². The maximum Gasteiger partial charge on any atom is 0.326 e. The molecule has 0 aliphatic heterocycles. The normalized spacial score (nSPS) is 12.3. The molecule has 0 aliphatic carbocycles. The van der Waals surface area contributed by atoms with Gasteiger partial charge in [0.15, 0.2) is 5.13 Å². The number of thiazole rings is 1. The van der Waals surface area contributed by atoms with Crippen LogP contribution in [0.4, 0.5) is 5.13 Å². The standard InChI is InChI=1S/C15H18N2O2S/c1-10(2)8-12(14(18)19)16-15-17-13(9-20-15)11-6-4-3-5-7-11/h3-7,9-10,12H,8H2,1-2H3,(H,16,17)(H,18,19). The maximum atomic E-state index is 11.2. The van der Waals surface area contributed by atoms with Gasteiger partial charge in [0.05, 0.1) is 5.69 Å². The second kappa shape index (κ2) is 6.52. The van der Waals surface area contributed by atoms with Crippen LogP contribution in [0, 0.1) is 5.92 Å². The molecule has 5 heteroatoms. The van der Waals surface area contributed by atoms with Gasteiger partial charge in [-0.1, -0.05) is 44.2 Å². The van der Waals surface area contributed by atoms with E-state index in [-0.39, 0.29) is 0 Å². The molecule has 0 amide bonds. The molecule has 0 saturated carbocycles. The number of hydrogen-bond donors (Lipinski definition) is 2. The van der Waals surface area contributed by atoms with Crippen molar-refractivity contribution in [1.29, 1.82) is 0 Å². The Hall–Kier alpha value is -1.88. The summed E-state index contributed by atoms with van der Waals surface area (Å²) in [6.07, 6.45) is 0.579. The molecule has 2 rings (SSSR count). The van der Waals surface area contributed by atoms with Gasteiger partial charge in [0.2, 0.25) is 0 Å². The Morgan fingerprint density at radius 2 is 2.05 bits per heavy atom. The third kappa shape index (κ3) is 3.81. The first-order valence-electron chi connectivity index (χ1n) is 6.56. The Labute approximate surface area is 122 Å². The Bertz CT molecular complexity index is 566. The lowest BCUT2D eigenvalue weighted by Crippen LogP contribution is -2.30. The van der Waals surface area contributed by atoms with E-state index in [1.807, 2.05) is 49.6 Å². The molecule has 4 nitrogen and oxygen atoms in total. The molecular weight excluding hydrogens is 272 g/mol. The van der Waals surface area contributed by atoms with E-state index in [2.05, 4.69) is 10.3 Å². The Morgan fingerprint density at radius 1 is 1.35 bits per heavy atom. The molecule has 20 heavy (non-hydrogen) atoms. The Kier molecular flexibility index (Phi) is 4.74. The average Bonchev–Trinajstić information content (AvgIpc) is 2.87. The second-order valence-electron chi connectivity index (χ2n) is 5.07. The van der Waals surface area contributed by atoms with Crippen LogP contribution < -0.4 is 5.32 Å². The minimum Gasteiger partial charge on any atom is -0.480 e. The van der Waals surface area contributed by atoms with Gasteiger partial charge in [-0.25, -0.2) is 9.78 Å². The van der Waals surface area contributed by atoms with Crippen molar-refractivity contribution in [2.45, 2.75) is 26.3 Å². The fourth-order valence-corrected chi connectivity index (χ4v) is 2.70. The van der Waals surface area contributed by atoms with Crippen LogP contribution in [0.15, 0.2) is 35.7 Å². The highest BCUT2D eigenvalue weighted by Gasteiger charge is 2.19. The fraction of sp³-hybridized carbons (Fsp3) is 0.333. The van der Waals surface area contributed by atoms with Gasteiger partial charge in [-0.2, -0.15) is 0 Å². The van der Waals surface area contributed by atoms with Gasteiger partial charge in [-0.15, -0.1) is 11.3 Å². The molecule has 1 heterocycles. The lowest BCUT2D eigenvalue weighted by molar-refractivity contribution is -0.138. The van der Waals surface area contributed by atoms with Gasteiger partial charge >= 0.3 is 5.97 Å². The SMILES string of the molecule is CC(C)CC(Nc1nc(-c2ccccc2)cs1)C(=O)O. The molecular formula is C15H18N2O2S. The summed E-state index contributed by atoms with van der Waals surface area (Å²) >= 11 is 1.43. The van der Waals surface area contributed by atoms with Crippen molar-refractivity contribution in [1.82, 2.24) is 4.98 Å². The monoisotopic (exact) mass is 290 g/mol. The van der Waals surface area contributed by atoms with Gasteiger partial charge in [-0.05, 0) is 12.3 Å². The Morgan fingerprint density at radius 3 is 2.65 bits per heavy atom. The number of carboxylic acid groups (broad SMARTS) is 1. The van der Waals surface area contributed by atoms with Gasteiger partial charge < -0.3 is 10.4 Å². The fourth-order valence-electron chi connectivity index (χ4n) is 1.92. The summed E-state index contributed by atoms with van der Waals surface area (Å²) in [5, 5.41) is 14.8. The van der Waals surface area contributed by atoms with E-state index in [4.69, 9.17) is 0 Å². The van der Waals surface area contributed by atoms with Crippen molar-refractivity contribution in [3.05, 3.63) is 35.7 Å². The van der Waals surface area contributed by atoms with Crippen molar-refractivity contribution in [3.8, 4) is 11.3 Å². The van der Waals surface area contributed by atoms with E-state index in [9.17, 15) is 9.90 Å². The molecule has 1 unspecified atom stereocenters. The second-order valence-corrected chi connectivity index (χ2v) is 5.93. The molecule has 2 N–H and O–H groups in total.